The number of hydrogen-bond acceptors (Lipinski definition) is 5. The molecule has 0 saturated heterocycles. The predicted octanol–water partition coefficient (Wildman–Crippen LogP) is 2.22. The summed E-state index contributed by atoms with van der Waals surface area (Å²) in [6.45, 7) is 4.62. The van der Waals surface area contributed by atoms with Crippen LogP contribution in [0.1, 0.15) is 56.3 Å². The first kappa shape index (κ1) is 18.1. The molecule has 8 heteroatoms. The number of amides is 2. The lowest BCUT2D eigenvalue weighted by molar-refractivity contribution is -0.137. The maximum atomic E-state index is 12.9. The van der Waals surface area contributed by atoms with Gasteiger partial charge in [0.25, 0.3) is 5.91 Å². The van der Waals surface area contributed by atoms with E-state index in [9.17, 15) is 9.59 Å². The standard InChI is InChI=1S/C19H28N4O4/c1-10(2)9-26-17-14(8-21-23-17)16(24)22-15-12-3-11-4-13(15)7-19(5-11,6-12)27-18(20)25/h8,10-13,15H,3-7,9H2,1-2H3,(H2,20,25)(H,21,23)(H,22,24)/t11?,12?,13?,15-,19-. The summed E-state index contributed by atoms with van der Waals surface area (Å²) in [4.78, 5) is 24.2. The maximum Gasteiger partial charge on any atom is 0.405 e. The lowest BCUT2D eigenvalue weighted by atomic mass is 9.52. The van der Waals surface area contributed by atoms with Crippen LogP contribution in [-0.2, 0) is 4.74 Å². The van der Waals surface area contributed by atoms with Crippen LogP contribution in [0.3, 0.4) is 0 Å². The van der Waals surface area contributed by atoms with E-state index in [0.717, 1.165) is 32.1 Å². The molecule has 2 amide bonds. The number of H-pyrrole nitrogens is 1. The molecular formula is C19H28N4O4. The maximum absolute atomic E-state index is 12.9. The van der Waals surface area contributed by atoms with Crippen molar-refractivity contribution in [2.45, 2.75) is 57.6 Å². The number of nitrogens with one attached hydrogen (secondary N) is 2. The van der Waals surface area contributed by atoms with Gasteiger partial charge in [0.2, 0.25) is 5.88 Å². The Balaban J connectivity index is 1.45. The van der Waals surface area contributed by atoms with Crippen LogP contribution in [0.2, 0.25) is 0 Å². The van der Waals surface area contributed by atoms with Crippen LogP contribution in [0.5, 0.6) is 5.88 Å². The highest BCUT2D eigenvalue weighted by Crippen LogP contribution is 2.57. The van der Waals surface area contributed by atoms with Gasteiger partial charge < -0.3 is 20.5 Å². The fourth-order valence-electron chi connectivity index (χ4n) is 5.55. The summed E-state index contributed by atoms with van der Waals surface area (Å²) >= 11 is 0. The molecule has 4 aliphatic carbocycles. The third kappa shape index (κ3) is 3.49. The van der Waals surface area contributed by atoms with Gasteiger partial charge in [-0.2, -0.15) is 5.10 Å². The molecule has 5 rings (SSSR count). The van der Waals surface area contributed by atoms with Crippen LogP contribution in [0.25, 0.3) is 0 Å². The number of nitrogens with zero attached hydrogens (tertiary/aromatic N) is 1. The van der Waals surface area contributed by atoms with Gasteiger partial charge in [-0.15, -0.1) is 0 Å². The summed E-state index contributed by atoms with van der Waals surface area (Å²) in [6, 6.07) is 0.0894. The van der Waals surface area contributed by atoms with Crippen LogP contribution in [0, 0.1) is 23.7 Å². The van der Waals surface area contributed by atoms with Crippen molar-refractivity contribution in [1.29, 1.82) is 0 Å². The molecule has 8 nitrogen and oxygen atoms in total. The molecule has 4 N–H and O–H groups in total. The molecular weight excluding hydrogens is 348 g/mol. The Morgan fingerprint density at radius 1 is 1.33 bits per heavy atom. The lowest BCUT2D eigenvalue weighted by Crippen LogP contribution is -2.63. The normalized spacial score (nSPS) is 33.9. The van der Waals surface area contributed by atoms with Crippen LogP contribution < -0.4 is 15.8 Å². The SMILES string of the molecule is CC(C)COc1[nH]ncc1C(=O)N[C@H]1C2CC3CC1C[C@](OC(N)=O)(C3)C2. The second-order valence-corrected chi connectivity index (χ2v) is 8.89. The summed E-state index contributed by atoms with van der Waals surface area (Å²) in [5.41, 5.74) is 5.32. The van der Waals surface area contributed by atoms with Gasteiger partial charge in [-0.05, 0) is 55.8 Å². The zero-order valence-corrected chi connectivity index (χ0v) is 15.9. The first-order valence-corrected chi connectivity index (χ1v) is 9.81. The molecule has 4 bridgehead atoms. The number of aromatic amines is 1. The second kappa shape index (κ2) is 6.73. The quantitative estimate of drug-likeness (QED) is 0.703. The number of nitrogens with two attached hydrogens (primary N) is 1. The van der Waals surface area contributed by atoms with E-state index in [1.165, 1.54) is 6.20 Å². The molecule has 2 unspecified atom stereocenters. The highest BCUT2D eigenvalue weighted by atomic mass is 16.6. The highest BCUT2D eigenvalue weighted by molar-refractivity contribution is 5.96. The number of primary amides is 1. The minimum absolute atomic E-state index is 0.0894. The molecule has 0 spiro atoms. The van der Waals surface area contributed by atoms with Gasteiger partial charge in [0.15, 0.2) is 0 Å². The molecule has 148 valence electrons. The van der Waals surface area contributed by atoms with E-state index in [4.69, 9.17) is 15.2 Å². The Hall–Kier alpha value is -2.25. The topological polar surface area (TPSA) is 119 Å². The Morgan fingerprint density at radius 3 is 2.67 bits per heavy atom. The fourth-order valence-corrected chi connectivity index (χ4v) is 5.55. The molecule has 1 aromatic heterocycles. The van der Waals surface area contributed by atoms with Crippen LogP contribution in [-0.4, -0.2) is 40.4 Å². The number of carbonyl (C=O) groups is 2. The Bertz CT molecular complexity index is 715. The van der Waals surface area contributed by atoms with Gasteiger partial charge >= 0.3 is 6.09 Å². The number of ether oxygens (including phenoxy) is 2. The van der Waals surface area contributed by atoms with E-state index in [1.807, 2.05) is 0 Å². The number of carbonyl (C=O) groups excluding carboxylic acids is 2. The van der Waals surface area contributed by atoms with Crippen molar-refractivity contribution in [1.82, 2.24) is 15.5 Å². The molecule has 0 radical (unpaired) electrons. The lowest BCUT2D eigenvalue weighted by Gasteiger charge is -2.58. The molecule has 0 aliphatic heterocycles. The third-order valence-electron chi connectivity index (χ3n) is 6.24. The molecule has 27 heavy (non-hydrogen) atoms. The summed E-state index contributed by atoms with van der Waals surface area (Å²) in [7, 11) is 0. The smallest absolute Gasteiger partial charge is 0.405 e. The average Bonchev–Trinajstić information content (AvgIpc) is 3.03. The average molecular weight is 376 g/mol. The van der Waals surface area contributed by atoms with Crippen molar-refractivity contribution in [3.05, 3.63) is 11.8 Å². The zero-order chi connectivity index (χ0) is 19.2. The zero-order valence-electron chi connectivity index (χ0n) is 15.9. The van der Waals surface area contributed by atoms with Crippen molar-refractivity contribution in [2.24, 2.45) is 29.4 Å². The number of hydrogen-bond donors (Lipinski definition) is 3. The van der Waals surface area contributed by atoms with Crippen LogP contribution >= 0.6 is 0 Å². The van der Waals surface area contributed by atoms with Crippen LogP contribution in [0.15, 0.2) is 6.20 Å². The van der Waals surface area contributed by atoms with Crippen molar-refractivity contribution < 1.29 is 19.1 Å². The minimum Gasteiger partial charge on any atom is -0.477 e. The van der Waals surface area contributed by atoms with E-state index in [0.29, 0.717) is 41.7 Å². The summed E-state index contributed by atoms with van der Waals surface area (Å²) in [6.07, 6.45) is 5.40. The summed E-state index contributed by atoms with van der Waals surface area (Å²) in [5.74, 6) is 1.78. The van der Waals surface area contributed by atoms with Gasteiger partial charge in [0.05, 0.1) is 12.8 Å². The monoisotopic (exact) mass is 376 g/mol. The molecule has 0 aromatic carbocycles. The summed E-state index contributed by atoms with van der Waals surface area (Å²) < 4.78 is 11.2. The Morgan fingerprint density at radius 2 is 2.04 bits per heavy atom. The Labute approximate surface area is 158 Å². The van der Waals surface area contributed by atoms with E-state index < -0.39 is 11.7 Å². The van der Waals surface area contributed by atoms with Gasteiger partial charge in [0, 0.05) is 6.04 Å². The van der Waals surface area contributed by atoms with E-state index >= 15 is 0 Å². The Kier molecular flexibility index (Phi) is 4.52. The molecule has 4 saturated carbocycles. The van der Waals surface area contributed by atoms with Gasteiger partial charge in [-0.25, -0.2) is 9.89 Å². The first-order valence-electron chi connectivity index (χ1n) is 9.81. The van der Waals surface area contributed by atoms with Crippen LogP contribution in [0.4, 0.5) is 4.79 Å². The summed E-state index contributed by atoms with van der Waals surface area (Å²) in [5, 5.41) is 9.95. The van der Waals surface area contributed by atoms with Crippen molar-refractivity contribution in [3.63, 3.8) is 0 Å². The van der Waals surface area contributed by atoms with E-state index in [1.54, 1.807) is 0 Å². The minimum atomic E-state index is -0.692. The van der Waals surface area contributed by atoms with Crippen molar-refractivity contribution in [3.8, 4) is 5.88 Å². The third-order valence-corrected chi connectivity index (χ3v) is 6.24. The van der Waals surface area contributed by atoms with E-state index in [2.05, 4.69) is 29.4 Å². The second-order valence-electron chi connectivity index (χ2n) is 8.89. The molecule has 2 atom stereocenters. The van der Waals surface area contributed by atoms with Gasteiger partial charge in [-0.1, -0.05) is 13.8 Å². The van der Waals surface area contributed by atoms with Crippen molar-refractivity contribution >= 4 is 12.0 Å². The molecule has 1 aromatic rings. The fraction of sp³-hybridized carbons (Fsp3) is 0.737. The molecule has 4 aliphatic rings. The van der Waals surface area contributed by atoms with Crippen molar-refractivity contribution in [2.75, 3.05) is 6.61 Å². The molecule has 4 fully saturated rings. The largest absolute Gasteiger partial charge is 0.477 e. The highest BCUT2D eigenvalue weighted by Gasteiger charge is 2.57. The molecule has 1 heterocycles. The number of rotatable bonds is 6. The van der Waals surface area contributed by atoms with Gasteiger partial charge in [-0.3, -0.25) is 4.79 Å². The first-order chi connectivity index (χ1) is 12.8. The number of aromatic nitrogens is 2. The van der Waals surface area contributed by atoms with E-state index in [-0.39, 0.29) is 11.9 Å². The van der Waals surface area contributed by atoms with Gasteiger partial charge in [0.1, 0.15) is 11.2 Å². The predicted molar refractivity (Wildman–Crippen MR) is 97.1 cm³/mol.